The first-order chi connectivity index (χ1) is 11.9. The molecule has 1 fully saturated rings. The van der Waals surface area contributed by atoms with Gasteiger partial charge in [0.25, 0.3) is 0 Å². The van der Waals surface area contributed by atoms with Crippen LogP contribution in [0.4, 0.5) is 5.69 Å². The maximum Gasteiger partial charge on any atom is 0.242 e. The summed E-state index contributed by atoms with van der Waals surface area (Å²) in [5, 5.41) is 0. The summed E-state index contributed by atoms with van der Waals surface area (Å²) in [4.78, 5) is 27.3. The van der Waals surface area contributed by atoms with Crippen molar-refractivity contribution in [3.05, 3.63) is 59.7 Å². The van der Waals surface area contributed by atoms with Crippen LogP contribution in [-0.4, -0.2) is 18.4 Å². The molecule has 128 valence electrons. The van der Waals surface area contributed by atoms with Crippen LogP contribution in [0.15, 0.2) is 48.5 Å². The van der Waals surface area contributed by atoms with E-state index in [1.165, 1.54) is 4.90 Å². The Labute approximate surface area is 147 Å². The van der Waals surface area contributed by atoms with Crippen LogP contribution in [0.3, 0.4) is 0 Å². The number of carbonyl (C=O) groups excluding carboxylic acids is 2. The van der Waals surface area contributed by atoms with Crippen molar-refractivity contribution in [2.45, 2.75) is 32.1 Å². The highest BCUT2D eigenvalue weighted by atomic mass is 16.5. The molecule has 2 aromatic rings. The van der Waals surface area contributed by atoms with Gasteiger partial charge in [-0.05, 0) is 29.2 Å². The van der Waals surface area contributed by atoms with E-state index in [9.17, 15) is 9.59 Å². The van der Waals surface area contributed by atoms with E-state index in [-0.39, 0.29) is 23.8 Å². The Kier molecular flexibility index (Phi) is 3.46. The van der Waals surface area contributed by atoms with Crippen LogP contribution < -0.4 is 9.64 Å². The monoisotopic (exact) mass is 335 g/mol. The molecule has 25 heavy (non-hydrogen) atoms. The van der Waals surface area contributed by atoms with Crippen molar-refractivity contribution in [1.29, 1.82) is 0 Å². The van der Waals surface area contributed by atoms with Crippen molar-refractivity contribution in [3.63, 3.8) is 0 Å². The summed E-state index contributed by atoms with van der Waals surface area (Å²) in [5.74, 6) is -0.524. The largest absolute Gasteiger partial charge is 0.492 e. The Hall–Kier alpha value is -2.62. The Morgan fingerprint density at radius 3 is 2.40 bits per heavy atom. The standard InChI is InChI=1S/C21H21NO3/c1-21(2,3)13-9-10-17-15(11-13)18-16(12-25-17)19(23)22(20(18)24)14-7-5-4-6-8-14/h4-11,16,18H,12H2,1-3H3. The topological polar surface area (TPSA) is 46.6 Å². The molecule has 4 heteroatoms. The third kappa shape index (κ3) is 2.44. The van der Waals surface area contributed by atoms with Crippen molar-refractivity contribution in [3.8, 4) is 5.75 Å². The lowest BCUT2D eigenvalue weighted by Crippen LogP contribution is -2.31. The van der Waals surface area contributed by atoms with Gasteiger partial charge < -0.3 is 4.74 Å². The minimum Gasteiger partial charge on any atom is -0.492 e. The van der Waals surface area contributed by atoms with Gasteiger partial charge in [-0.25, -0.2) is 4.90 Å². The highest BCUT2D eigenvalue weighted by Gasteiger charge is 2.52. The number of carbonyl (C=O) groups is 2. The van der Waals surface area contributed by atoms with Gasteiger partial charge in [-0.3, -0.25) is 9.59 Å². The van der Waals surface area contributed by atoms with Crippen LogP contribution >= 0.6 is 0 Å². The second-order valence-electron chi connectivity index (χ2n) is 7.75. The maximum atomic E-state index is 13.1. The number of para-hydroxylation sites is 1. The first-order valence-corrected chi connectivity index (χ1v) is 8.58. The molecule has 0 radical (unpaired) electrons. The van der Waals surface area contributed by atoms with Gasteiger partial charge in [0.15, 0.2) is 0 Å². The predicted octanol–water partition coefficient (Wildman–Crippen LogP) is 3.65. The summed E-state index contributed by atoms with van der Waals surface area (Å²) < 4.78 is 5.81. The molecule has 2 aliphatic heterocycles. The molecule has 0 bridgehead atoms. The van der Waals surface area contributed by atoms with Crippen molar-refractivity contribution >= 4 is 17.5 Å². The summed E-state index contributed by atoms with van der Waals surface area (Å²) >= 11 is 0. The molecule has 2 unspecified atom stereocenters. The lowest BCUT2D eigenvalue weighted by molar-refractivity contribution is -0.122. The molecule has 4 rings (SSSR count). The van der Waals surface area contributed by atoms with Crippen LogP contribution in [0.1, 0.15) is 37.8 Å². The van der Waals surface area contributed by atoms with E-state index >= 15 is 0 Å². The van der Waals surface area contributed by atoms with Crippen LogP contribution in [0.5, 0.6) is 5.75 Å². The number of rotatable bonds is 1. The Bertz CT molecular complexity index is 851. The van der Waals surface area contributed by atoms with Crippen molar-refractivity contribution < 1.29 is 14.3 Å². The highest BCUT2D eigenvalue weighted by molar-refractivity contribution is 6.24. The van der Waals surface area contributed by atoms with Gasteiger partial charge in [-0.1, -0.05) is 51.1 Å². The van der Waals surface area contributed by atoms with E-state index in [0.717, 1.165) is 11.1 Å². The molecule has 0 aromatic heterocycles. The molecule has 2 amide bonds. The molecule has 2 atom stereocenters. The number of hydrogen-bond acceptors (Lipinski definition) is 3. The molecule has 0 N–H and O–H groups in total. The van der Waals surface area contributed by atoms with E-state index in [0.29, 0.717) is 11.4 Å². The van der Waals surface area contributed by atoms with Crippen molar-refractivity contribution in [1.82, 2.24) is 0 Å². The Morgan fingerprint density at radius 1 is 1.00 bits per heavy atom. The zero-order valence-corrected chi connectivity index (χ0v) is 14.7. The second kappa shape index (κ2) is 5.45. The van der Waals surface area contributed by atoms with Crippen molar-refractivity contribution in [2.75, 3.05) is 11.5 Å². The summed E-state index contributed by atoms with van der Waals surface area (Å²) in [6.45, 7) is 6.65. The van der Waals surface area contributed by atoms with Crippen LogP contribution in [0, 0.1) is 5.92 Å². The van der Waals surface area contributed by atoms with Crippen LogP contribution in [0.25, 0.3) is 0 Å². The molecule has 4 nitrogen and oxygen atoms in total. The number of amides is 2. The fourth-order valence-corrected chi connectivity index (χ4v) is 3.65. The molecule has 2 aliphatic rings. The van der Waals surface area contributed by atoms with E-state index in [4.69, 9.17) is 4.74 Å². The zero-order valence-electron chi connectivity index (χ0n) is 14.7. The number of hydrogen-bond donors (Lipinski definition) is 0. The average Bonchev–Trinajstić information content (AvgIpc) is 2.85. The van der Waals surface area contributed by atoms with E-state index < -0.39 is 11.8 Å². The molecule has 0 saturated carbocycles. The first kappa shape index (κ1) is 15.9. The fraction of sp³-hybridized carbons (Fsp3) is 0.333. The van der Waals surface area contributed by atoms with Gasteiger partial charge in [0.1, 0.15) is 12.4 Å². The first-order valence-electron chi connectivity index (χ1n) is 8.58. The Morgan fingerprint density at radius 2 is 1.72 bits per heavy atom. The van der Waals surface area contributed by atoms with Crippen LogP contribution in [0.2, 0.25) is 0 Å². The second-order valence-corrected chi connectivity index (χ2v) is 7.75. The van der Waals surface area contributed by atoms with E-state index in [1.807, 2.05) is 36.4 Å². The lowest BCUT2D eigenvalue weighted by atomic mass is 9.80. The van der Waals surface area contributed by atoms with Gasteiger partial charge in [0.05, 0.1) is 17.5 Å². The molecule has 2 heterocycles. The normalized spacial score (nSPS) is 22.4. The number of ether oxygens (including phenoxy) is 1. The summed E-state index contributed by atoms with van der Waals surface area (Å²) in [7, 11) is 0. The summed E-state index contributed by atoms with van der Waals surface area (Å²) in [6.07, 6.45) is 0. The third-order valence-electron chi connectivity index (χ3n) is 5.07. The predicted molar refractivity (Wildman–Crippen MR) is 95.8 cm³/mol. The lowest BCUT2D eigenvalue weighted by Gasteiger charge is -2.28. The Balaban J connectivity index is 1.80. The number of nitrogens with zero attached hydrogens (tertiary/aromatic N) is 1. The summed E-state index contributed by atoms with van der Waals surface area (Å²) in [5.41, 5.74) is 2.56. The molecule has 1 saturated heterocycles. The van der Waals surface area contributed by atoms with Crippen LogP contribution in [-0.2, 0) is 15.0 Å². The number of benzene rings is 2. The maximum absolute atomic E-state index is 13.1. The number of imide groups is 1. The van der Waals surface area contributed by atoms with Gasteiger partial charge >= 0.3 is 0 Å². The molecule has 0 spiro atoms. The van der Waals surface area contributed by atoms with E-state index in [2.05, 4.69) is 20.8 Å². The molecular weight excluding hydrogens is 314 g/mol. The molecular formula is C21H21NO3. The van der Waals surface area contributed by atoms with Gasteiger partial charge in [0, 0.05) is 5.56 Å². The number of anilines is 1. The number of fused-ring (bicyclic) bond motifs is 3. The van der Waals surface area contributed by atoms with Gasteiger partial charge in [-0.2, -0.15) is 0 Å². The van der Waals surface area contributed by atoms with Gasteiger partial charge in [0.2, 0.25) is 11.8 Å². The minimum atomic E-state index is -0.459. The van der Waals surface area contributed by atoms with Crippen molar-refractivity contribution in [2.24, 2.45) is 5.92 Å². The fourth-order valence-electron chi connectivity index (χ4n) is 3.65. The summed E-state index contributed by atoms with van der Waals surface area (Å²) in [6, 6.07) is 15.1. The van der Waals surface area contributed by atoms with E-state index in [1.54, 1.807) is 12.1 Å². The third-order valence-corrected chi connectivity index (χ3v) is 5.07. The smallest absolute Gasteiger partial charge is 0.242 e. The zero-order chi connectivity index (χ0) is 17.8. The van der Waals surface area contributed by atoms with Gasteiger partial charge in [-0.15, -0.1) is 0 Å². The SMILES string of the molecule is CC(C)(C)c1ccc2c(c1)C1C(=O)N(c3ccccc3)C(=O)C1CO2. The quantitative estimate of drug-likeness (QED) is 0.747. The highest BCUT2D eigenvalue weighted by Crippen LogP contribution is 2.45. The molecule has 0 aliphatic carbocycles. The molecule has 2 aromatic carbocycles. The average molecular weight is 335 g/mol. The minimum absolute atomic E-state index is 0.0350.